The lowest BCUT2D eigenvalue weighted by atomic mass is 10.1. The summed E-state index contributed by atoms with van der Waals surface area (Å²) in [5.41, 5.74) is 1.15. The molecule has 1 atom stereocenters. The normalized spacial score (nSPS) is 20.7. The maximum atomic E-state index is 6.06. The lowest BCUT2D eigenvalue weighted by Gasteiger charge is -2.24. The number of halogens is 2. The summed E-state index contributed by atoms with van der Waals surface area (Å²) in [6.45, 7) is 1.89. The minimum atomic E-state index is 0. The van der Waals surface area contributed by atoms with E-state index >= 15 is 0 Å². The smallest absolute Gasteiger partial charge is 0.112 e. The zero-order valence-electron chi connectivity index (χ0n) is 8.41. The average Bonchev–Trinajstić information content (AvgIpc) is 2.23. The Morgan fingerprint density at radius 2 is 2.20 bits per heavy atom. The molecule has 15 heavy (non-hydrogen) atoms. The van der Waals surface area contributed by atoms with Gasteiger partial charge in [0, 0.05) is 18.1 Å². The molecule has 2 rings (SSSR count). The van der Waals surface area contributed by atoms with Gasteiger partial charge in [0.2, 0.25) is 0 Å². The summed E-state index contributed by atoms with van der Waals surface area (Å²) < 4.78 is 5.57. The molecule has 1 aliphatic rings. The van der Waals surface area contributed by atoms with Crippen molar-refractivity contribution in [3.63, 3.8) is 0 Å². The van der Waals surface area contributed by atoms with E-state index in [2.05, 4.69) is 5.32 Å². The van der Waals surface area contributed by atoms with Crippen molar-refractivity contribution in [1.29, 1.82) is 0 Å². The summed E-state index contributed by atoms with van der Waals surface area (Å²) in [5.74, 6) is 0. The molecule has 1 aromatic rings. The van der Waals surface area contributed by atoms with Crippen LogP contribution in [-0.4, -0.2) is 19.4 Å². The molecule has 0 saturated carbocycles. The van der Waals surface area contributed by atoms with Crippen molar-refractivity contribution >= 4 is 24.0 Å². The van der Waals surface area contributed by atoms with Crippen LogP contribution in [-0.2, 0) is 11.2 Å². The zero-order valence-corrected chi connectivity index (χ0v) is 9.98. The van der Waals surface area contributed by atoms with Gasteiger partial charge in [-0.1, -0.05) is 29.8 Å². The van der Waals surface area contributed by atoms with Crippen LogP contribution < -0.4 is 5.32 Å². The third-order valence-corrected chi connectivity index (χ3v) is 2.74. The van der Waals surface area contributed by atoms with E-state index < -0.39 is 0 Å². The van der Waals surface area contributed by atoms with Gasteiger partial charge in [-0.25, -0.2) is 0 Å². The number of nitrogens with one attached hydrogen (secondary N) is 1. The number of hydrogen-bond donors (Lipinski definition) is 1. The third-order valence-electron chi connectivity index (χ3n) is 2.38. The van der Waals surface area contributed by atoms with Crippen molar-refractivity contribution in [1.82, 2.24) is 5.32 Å². The summed E-state index contributed by atoms with van der Waals surface area (Å²) in [4.78, 5) is 0. The molecule has 1 saturated heterocycles. The van der Waals surface area contributed by atoms with E-state index in [0.717, 1.165) is 36.6 Å². The van der Waals surface area contributed by atoms with E-state index in [0.29, 0.717) is 0 Å². The van der Waals surface area contributed by atoms with Gasteiger partial charge in [0.15, 0.2) is 0 Å². The lowest BCUT2D eigenvalue weighted by molar-refractivity contribution is 0.00196. The quantitative estimate of drug-likeness (QED) is 0.868. The van der Waals surface area contributed by atoms with Crippen LogP contribution in [0.15, 0.2) is 24.3 Å². The first kappa shape index (κ1) is 12.8. The SMILES string of the molecule is Cl.Clc1ccccc1CC1NCCCO1. The number of hydrogen-bond acceptors (Lipinski definition) is 2. The van der Waals surface area contributed by atoms with Gasteiger partial charge in [-0.3, -0.25) is 5.32 Å². The molecule has 84 valence electrons. The van der Waals surface area contributed by atoms with Crippen LogP contribution in [0.2, 0.25) is 5.02 Å². The van der Waals surface area contributed by atoms with E-state index in [-0.39, 0.29) is 18.6 Å². The topological polar surface area (TPSA) is 21.3 Å². The molecule has 4 heteroatoms. The molecule has 0 radical (unpaired) electrons. The molecule has 1 heterocycles. The highest BCUT2D eigenvalue weighted by Gasteiger charge is 2.14. The summed E-state index contributed by atoms with van der Waals surface area (Å²) in [6, 6.07) is 7.91. The Morgan fingerprint density at radius 1 is 1.40 bits per heavy atom. The largest absolute Gasteiger partial charge is 0.363 e. The van der Waals surface area contributed by atoms with Gasteiger partial charge < -0.3 is 4.74 Å². The van der Waals surface area contributed by atoms with E-state index in [1.807, 2.05) is 24.3 Å². The van der Waals surface area contributed by atoms with Crippen molar-refractivity contribution in [3.8, 4) is 0 Å². The van der Waals surface area contributed by atoms with E-state index in [1.165, 1.54) is 0 Å². The fourth-order valence-electron chi connectivity index (χ4n) is 1.61. The third kappa shape index (κ3) is 3.65. The summed E-state index contributed by atoms with van der Waals surface area (Å²) >= 11 is 6.06. The van der Waals surface area contributed by atoms with Gasteiger partial charge >= 0.3 is 0 Å². The highest BCUT2D eigenvalue weighted by molar-refractivity contribution is 6.31. The Morgan fingerprint density at radius 3 is 2.87 bits per heavy atom. The van der Waals surface area contributed by atoms with Crippen LogP contribution in [0.4, 0.5) is 0 Å². The summed E-state index contributed by atoms with van der Waals surface area (Å²) in [5, 5.41) is 4.14. The van der Waals surface area contributed by atoms with Gasteiger partial charge in [0.05, 0.1) is 0 Å². The molecule has 1 N–H and O–H groups in total. The Balaban J connectivity index is 0.00000112. The average molecular weight is 248 g/mol. The monoisotopic (exact) mass is 247 g/mol. The van der Waals surface area contributed by atoms with Crippen molar-refractivity contribution < 1.29 is 4.74 Å². The molecule has 1 aromatic carbocycles. The van der Waals surface area contributed by atoms with Crippen molar-refractivity contribution in [2.45, 2.75) is 19.1 Å². The predicted octanol–water partition coefficient (Wildman–Crippen LogP) is 2.64. The van der Waals surface area contributed by atoms with Gasteiger partial charge in [0.25, 0.3) is 0 Å². The second-order valence-electron chi connectivity index (χ2n) is 3.46. The molecule has 1 aliphatic heterocycles. The molecule has 0 aromatic heterocycles. The van der Waals surface area contributed by atoms with Crippen LogP contribution in [0.25, 0.3) is 0 Å². The fourth-order valence-corrected chi connectivity index (χ4v) is 1.83. The first-order chi connectivity index (χ1) is 6.86. The molecule has 1 unspecified atom stereocenters. The molecular formula is C11H15Cl2NO. The van der Waals surface area contributed by atoms with Crippen LogP contribution >= 0.6 is 24.0 Å². The van der Waals surface area contributed by atoms with Gasteiger partial charge in [-0.2, -0.15) is 0 Å². The van der Waals surface area contributed by atoms with E-state index in [1.54, 1.807) is 0 Å². The molecule has 0 bridgehead atoms. The first-order valence-electron chi connectivity index (χ1n) is 4.94. The van der Waals surface area contributed by atoms with Crippen molar-refractivity contribution in [2.75, 3.05) is 13.2 Å². The second kappa shape index (κ2) is 6.33. The standard InChI is InChI=1S/C11H14ClNO.ClH/c12-10-5-2-1-4-9(10)8-11-13-6-3-7-14-11;/h1-2,4-5,11,13H,3,6-8H2;1H. The highest BCUT2D eigenvalue weighted by Crippen LogP contribution is 2.17. The molecule has 2 nitrogen and oxygen atoms in total. The summed E-state index contributed by atoms with van der Waals surface area (Å²) in [7, 11) is 0. The lowest BCUT2D eigenvalue weighted by Crippen LogP contribution is -2.39. The minimum absolute atomic E-state index is 0. The predicted molar refractivity (Wildman–Crippen MR) is 64.8 cm³/mol. The Labute approximate surface area is 101 Å². The van der Waals surface area contributed by atoms with Gasteiger partial charge in [0.1, 0.15) is 6.23 Å². The Kier molecular flexibility index (Phi) is 5.40. The fraction of sp³-hybridized carbons (Fsp3) is 0.455. The highest BCUT2D eigenvalue weighted by atomic mass is 35.5. The van der Waals surface area contributed by atoms with Gasteiger partial charge in [-0.05, 0) is 24.6 Å². The summed E-state index contributed by atoms with van der Waals surface area (Å²) in [6.07, 6.45) is 2.07. The molecule has 0 aliphatic carbocycles. The minimum Gasteiger partial charge on any atom is -0.363 e. The number of rotatable bonds is 2. The maximum absolute atomic E-state index is 6.06. The maximum Gasteiger partial charge on any atom is 0.112 e. The Hall–Kier alpha value is -0.280. The zero-order chi connectivity index (χ0) is 9.80. The van der Waals surface area contributed by atoms with Crippen molar-refractivity contribution in [2.24, 2.45) is 0 Å². The number of benzene rings is 1. The van der Waals surface area contributed by atoms with Crippen LogP contribution in [0.3, 0.4) is 0 Å². The van der Waals surface area contributed by atoms with Gasteiger partial charge in [-0.15, -0.1) is 12.4 Å². The molecular weight excluding hydrogens is 233 g/mol. The number of ether oxygens (including phenoxy) is 1. The second-order valence-corrected chi connectivity index (χ2v) is 3.87. The molecule has 1 fully saturated rings. The van der Waals surface area contributed by atoms with Crippen LogP contribution in [0.1, 0.15) is 12.0 Å². The molecule has 0 spiro atoms. The van der Waals surface area contributed by atoms with Crippen LogP contribution in [0.5, 0.6) is 0 Å². The van der Waals surface area contributed by atoms with E-state index in [9.17, 15) is 0 Å². The first-order valence-corrected chi connectivity index (χ1v) is 5.32. The molecule has 0 amide bonds. The van der Waals surface area contributed by atoms with E-state index in [4.69, 9.17) is 16.3 Å². The van der Waals surface area contributed by atoms with Crippen LogP contribution in [0, 0.1) is 0 Å². The Bertz CT molecular complexity index is 300. The van der Waals surface area contributed by atoms with Crippen molar-refractivity contribution in [3.05, 3.63) is 34.9 Å².